The number of pyridine rings is 1. The summed E-state index contributed by atoms with van der Waals surface area (Å²) in [4.78, 5) is 22.1. The van der Waals surface area contributed by atoms with Crippen molar-refractivity contribution < 1.29 is 18.8 Å². The fourth-order valence-electron chi connectivity index (χ4n) is 3.53. The monoisotopic (exact) mass is 434 g/mol. The van der Waals surface area contributed by atoms with E-state index in [0.29, 0.717) is 37.4 Å². The Balaban J connectivity index is 1.43. The van der Waals surface area contributed by atoms with Gasteiger partial charge in [0.05, 0.1) is 12.5 Å². The lowest BCUT2D eigenvalue weighted by atomic mass is 10.0. The summed E-state index contributed by atoms with van der Waals surface area (Å²) < 4.78 is 20.7. The lowest BCUT2D eigenvalue weighted by Gasteiger charge is -2.28. The summed E-state index contributed by atoms with van der Waals surface area (Å²) in [7, 11) is 0. The molecule has 1 atom stereocenters. The van der Waals surface area contributed by atoms with Gasteiger partial charge in [0.25, 0.3) is 0 Å². The zero-order chi connectivity index (χ0) is 22.5. The summed E-state index contributed by atoms with van der Waals surface area (Å²) in [6.07, 6.45) is 1.31. The van der Waals surface area contributed by atoms with Crippen LogP contribution >= 0.6 is 0 Å². The summed E-state index contributed by atoms with van der Waals surface area (Å²) in [5.41, 5.74) is 3.69. The van der Waals surface area contributed by atoms with Crippen LogP contribution in [0.25, 0.3) is 11.3 Å². The first-order valence-corrected chi connectivity index (χ1v) is 11.0. The smallest absolute Gasteiger partial charge is 0.327 e. The van der Waals surface area contributed by atoms with Crippen molar-refractivity contribution >= 4 is 5.97 Å². The third-order valence-electron chi connectivity index (χ3n) is 5.70. The quantitative estimate of drug-likeness (QED) is 0.503. The zero-order valence-corrected chi connectivity index (χ0v) is 18.4. The van der Waals surface area contributed by atoms with E-state index in [1.807, 2.05) is 68.4 Å². The second-order valence-electron chi connectivity index (χ2n) is 8.06. The fourth-order valence-corrected chi connectivity index (χ4v) is 3.53. The Labute approximate surface area is 187 Å². The van der Waals surface area contributed by atoms with Gasteiger partial charge in [-0.25, -0.2) is 9.37 Å². The molecule has 0 N–H and O–H groups in total. The van der Waals surface area contributed by atoms with Crippen LogP contribution in [-0.4, -0.2) is 22.6 Å². The third kappa shape index (κ3) is 5.14. The molecule has 0 saturated heterocycles. The molecule has 1 aromatic heterocycles. The minimum Gasteiger partial charge on any atom is -0.489 e. The Morgan fingerprint density at radius 3 is 2.62 bits per heavy atom. The molecule has 0 saturated carbocycles. The van der Waals surface area contributed by atoms with Crippen LogP contribution in [0.5, 0.6) is 5.75 Å². The van der Waals surface area contributed by atoms with Gasteiger partial charge in [-0.05, 0) is 47.9 Å². The largest absolute Gasteiger partial charge is 0.489 e. The first kappa shape index (κ1) is 22.0. The average molecular weight is 435 g/mol. The molecule has 0 bridgehead atoms. The van der Waals surface area contributed by atoms with Crippen molar-refractivity contribution in [2.45, 2.75) is 39.8 Å². The van der Waals surface area contributed by atoms with Gasteiger partial charge in [-0.2, -0.15) is 0 Å². The summed E-state index contributed by atoms with van der Waals surface area (Å²) in [6, 6.07) is 18.7. The van der Waals surface area contributed by atoms with Crippen molar-refractivity contribution in [2.24, 2.45) is 5.92 Å². The molecule has 6 heteroatoms. The Hall–Kier alpha value is -3.25. The highest BCUT2D eigenvalue weighted by Crippen LogP contribution is 2.28. The number of hydroxylamine groups is 2. The number of rotatable bonds is 7. The molecule has 0 radical (unpaired) electrons. The number of hydrogen-bond donors (Lipinski definition) is 0. The summed E-state index contributed by atoms with van der Waals surface area (Å²) in [5.74, 6) is -0.0876. The molecule has 5 nitrogen and oxygen atoms in total. The van der Waals surface area contributed by atoms with Crippen molar-refractivity contribution in [3.8, 4) is 17.0 Å². The molecule has 32 heavy (non-hydrogen) atoms. The van der Waals surface area contributed by atoms with Crippen molar-refractivity contribution in [1.29, 1.82) is 0 Å². The normalized spacial score (nSPS) is 14.5. The molecule has 0 fully saturated rings. The molecule has 2 aromatic carbocycles. The van der Waals surface area contributed by atoms with Gasteiger partial charge in [-0.15, -0.1) is 5.06 Å². The number of carbonyl (C=O) groups excluding carboxylic acids is 1. The molecular formula is C26H27FN2O3. The fraction of sp³-hybridized carbons (Fsp3) is 0.308. The number of fused-ring (bicyclic) bond motifs is 1. The van der Waals surface area contributed by atoms with Crippen LogP contribution in [0.15, 0.2) is 60.7 Å². The predicted molar refractivity (Wildman–Crippen MR) is 120 cm³/mol. The minimum absolute atomic E-state index is 0.159. The Morgan fingerprint density at radius 1 is 1.16 bits per heavy atom. The Morgan fingerprint density at radius 2 is 1.91 bits per heavy atom. The maximum absolute atomic E-state index is 14.9. The van der Waals surface area contributed by atoms with E-state index < -0.39 is 5.82 Å². The maximum atomic E-state index is 14.9. The van der Waals surface area contributed by atoms with E-state index in [1.54, 1.807) is 5.06 Å². The van der Waals surface area contributed by atoms with Crippen LogP contribution < -0.4 is 4.74 Å². The van der Waals surface area contributed by atoms with Crippen molar-refractivity contribution in [2.75, 3.05) is 6.54 Å². The molecule has 4 rings (SSSR count). The number of hydrogen-bond acceptors (Lipinski definition) is 5. The lowest BCUT2D eigenvalue weighted by molar-refractivity contribution is -0.199. The third-order valence-corrected chi connectivity index (χ3v) is 5.70. The number of aromatic nitrogens is 1. The SMILES string of the molecule is CCC(C)C(=O)ON1CCc2nc(-c3ccc(OCc4ccccc4)cc3)c(F)cc2C1. The van der Waals surface area contributed by atoms with Gasteiger partial charge in [-0.3, -0.25) is 4.79 Å². The molecule has 0 amide bonds. The van der Waals surface area contributed by atoms with Gasteiger partial charge in [0.1, 0.15) is 23.9 Å². The second kappa shape index (κ2) is 9.92. The molecule has 1 unspecified atom stereocenters. The Bertz CT molecular complexity index is 1070. The van der Waals surface area contributed by atoms with E-state index in [-0.39, 0.29) is 11.9 Å². The molecule has 1 aliphatic heterocycles. The highest BCUT2D eigenvalue weighted by molar-refractivity contribution is 5.71. The van der Waals surface area contributed by atoms with Crippen LogP contribution in [-0.2, 0) is 29.2 Å². The molecular weight excluding hydrogens is 407 g/mol. The zero-order valence-electron chi connectivity index (χ0n) is 18.4. The van der Waals surface area contributed by atoms with Gasteiger partial charge >= 0.3 is 5.97 Å². The first-order valence-electron chi connectivity index (χ1n) is 11.0. The van der Waals surface area contributed by atoms with E-state index >= 15 is 0 Å². The number of carbonyl (C=O) groups is 1. The number of benzene rings is 2. The lowest BCUT2D eigenvalue weighted by Crippen LogP contribution is -2.35. The van der Waals surface area contributed by atoms with Gasteiger partial charge < -0.3 is 9.57 Å². The van der Waals surface area contributed by atoms with E-state index in [2.05, 4.69) is 4.98 Å². The number of halogens is 1. The molecule has 1 aliphatic rings. The predicted octanol–water partition coefficient (Wildman–Crippen LogP) is 5.33. The van der Waals surface area contributed by atoms with Gasteiger partial charge in [0.15, 0.2) is 0 Å². The molecule has 166 valence electrons. The van der Waals surface area contributed by atoms with Crippen molar-refractivity contribution in [3.05, 3.63) is 83.3 Å². The van der Waals surface area contributed by atoms with Crippen LogP contribution in [0.3, 0.4) is 0 Å². The number of ether oxygens (including phenoxy) is 1. The standard InChI is InChI=1S/C26H27FN2O3/c1-3-18(2)26(30)32-29-14-13-24-21(16-29)15-23(27)25(28-24)20-9-11-22(12-10-20)31-17-19-7-5-4-6-8-19/h4-12,15,18H,3,13-14,16-17H2,1-2H3. The average Bonchev–Trinajstić information content (AvgIpc) is 2.82. The van der Waals surface area contributed by atoms with Gasteiger partial charge in [-0.1, -0.05) is 44.2 Å². The van der Waals surface area contributed by atoms with E-state index in [9.17, 15) is 9.18 Å². The van der Waals surface area contributed by atoms with Crippen LogP contribution in [0.1, 0.15) is 37.1 Å². The van der Waals surface area contributed by atoms with E-state index in [1.165, 1.54) is 6.07 Å². The first-order chi connectivity index (χ1) is 15.5. The second-order valence-corrected chi connectivity index (χ2v) is 8.06. The molecule has 0 spiro atoms. The molecule has 0 aliphatic carbocycles. The minimum atomic E-state index is -0.392. The van der Waals surface area contributed by atoms with E-state index in [0.717, 1.165) is 29.0 Å². The van der Waals surface area contributed by atoms with Crippen LogP contribution in [0.4, 0.5) is 4.39 Å². The van der Waals surface area contributed by atoms with E-state index in [4.69, 9.17) is 9.57 Å². The van der Waals surface area contributed by atoms with Crippen molar-refractivity contribution in [1.82, 2.24) is 10.0 Å². The molecule has 3 aromatic rings. The highest BCUT2D eigenvalue weighted by Gasteiger charge is 2.24. The number of nitrogens with zero attached hydrogens (tertiary/aromatic N) is 2. The Kier molecular flexibility index (Phi) is 6.81. The highest BCUT2D eigenvalue weighted by atomic mass is 19.1. The summed E-state index contributed by atoms with van der Waals surface area (Å²) in [5, 5.41) is 1.59. The van der Waals surface area contributed by atoms with Crippen LogP contribution in [0, 0.1) is 11.7 Å². The van der Waals surface area contributed by atoms with Crippen LogP contribution in [0.2, 0.25) is 0 Å². The van der Waals surface area contributed by atoms with Gasteiger partial charge in [0, 0.05) is 24.2 Å². The topological polar surface area (TPSA) is 51.7 Å². The summed E-state index contributed by atoms with van der Waals surface area (Å²) >= 11 is 0. The summed E-state index contributed by atoms with van der Waals surface area (Å²) in [6.45, 7) is 5.14. The maximum Gasteiger partial charge on any atom is 0.327 e. The van der Waals surface area contributed by atoms with Gasteiger partial charge in [0.2, 0.25) is 0 Å². The molecule has 2 heterocycles. The van der Waals surface area contributed by atoms with Crippen molar-refractivity contribution in [3.63, 3.8) is 0 Å².